The van der Waals surface area contributed by atoms with Crippen LogP contribution in [-0.4, -0.2) is 27.7 Å². The van der Waals surface area contributed by atoms with Crippen molar-refractivity contribution >= 4 is 11.7 Å². The first-order valence-corrected chi connectivity index (χ1v) is 15.4. The largest absolute Gasteiger partial charge is 0.300 e. The number of nitrogens with zero attached hydrogens (tertiary/aromatic N) is 4. The van der Waals surface area contributed by atoms with E-state index in [0.29, 0.717) is 0 Å². The van der Waals surface area contributed by atoms with E-state index in [4.69, 9.17) is 0 Å². The van der Waals surface area contributed by atoms with Crippen LogP contribution in [0.3, 0.4) is 0 Å². The second-order valence-corrected chi connectivity index (χ2v) is 7.93. The van der Waals surface area contributed by atoms with Crippen LogP contribution in [-0.2, 0) is 11.8 Å². The summed E-state index contributed by atoms with van der Waals surface area (Å²) in [5.74, 6) is 0.806. The first kappa shape index (κ1) is 47.6. The Kier molecular flexibility index (Phi) is 38.3. The van der Waals surface area contributed by atoms with Crippen LogP contribution in [0.5, 0.6) is 0 Å². The smallest absolute Gasteiger partial charge is 0.230 e. The zero-order chi connectivity index (χ0) is 33.6. The van der Waals surface area contributed by atoms with Crippen LogP contribution in [0, 0.1) is 5.92 Å². The Morgan fingerprint density at radius 2 is 1.49 bits per heavy atom. The van der Waals surface area contributed by atoms with E-state index < -0.39 is 0 Å². The molecule has 0 saturated heterocycles. The van der Waals surface area contributed by atoms with Gasteiger partial charge in [-0.25, -0.2) is 0 Å². The highest BCUT2D eigenvalue weighted by Gasteiger charge is 2.18. The molecular weight excluding hydrogens is 504 g/mol. The number of carbonyl (C=O) groups is 1. The Balaban J connectivity index is -0.000000170. The van der Waals surface area contributed by atoms with E-state index in [9.17, 15) is 4.79 Å². The van der Waals surface area contributed by atoms with Crippen LogP contribution in [0.2, 0.25) is 0 Å². The molecule has 0 N–H and O–H groups in total. The fourth-order valence-corrected chi connectivity index (χ4v) is 2.74. The molecule has 2 heterocycles. The minimum atomic E-state index is -0.0401. The van der Waals surface area contributed by atoms with Crippen molar-refractivity contribution in [2.24, 2.45) is 13.0 Å². The minimum absolute atomic E-state index is 0.0401. The fraction of sp³-hybridized carbons (Fsp3) is 0.528. The van der Waals surface area contributed by atoms with Crippen LogP contribution in [0.1, 0.15) is 111 Å². The van der Waals surface area contributed by atoms with Gasteiger partial charge in [-0.2, -0.15) is 5.10 Å². The number of allylic oxidation sites excluding steroid dienone is 7. The standard InChI is InChI=1S/C14H18N4O.C12H18.5C2H6/c1-10(2)14(19)17(3)13-8-12(16-18(13)4)11-6-5-7-15-9-11;1-6-7-8-11(4)12(5)9-10(2)3;5*1-2/h5-10H,1-4H3;6-9H,5H2,1-4H3;5*1-2H3/b;7-6-,11-8+;;;;;. The predicted molar refractivity (Wildman–Crippen MR) is 189 cm³/mol. The Morgan fingerprint density at radius 3 is 1.88 bits per heavy atom. The first-order valence-electron chi connectivity index (χ1n) is 15.4. The summed E-state index contributed by atoms with van der Waals surface area (Å²) in [6, 6.07) is 5.72. The third kappa shape index (κ3) is 22.2. The molecule has 41 heavy (non-hydrogen) atoms. The molecule has 0 aliphatic heterocycles. The Hall–Kier alpha value is -3.21. The summed E-state index contributed by atoms with van der Waals surface area (Å²) in [5, 5.41) is 4.43. The van der Waals surface area contributed by atoms with Crippen LogP contribution in [0.25, 0.3) is 11.3 Å². The van der Waals surface area contributed by atoms with Gasteiger partial charge in [-0.05, 0) is 51.0 Å². The normalized spacial score (nSPS) is 9.20. The molecule has 5 heteroatoms. The molecule has 0 aliphatic rings. The van der Waals surface area contributed by atoms with Crippen LogP contribution < -0.4 is 4.90 Å². The number of aromatic nitrogens is 3. The van der Waals surface area contributed by atoms with Gasteiger partial charge in [-0.3, -0.25) is 19.4 Å². The van der Waals surface area contributed by atoms with E-state index in [0.717, 1.165) is 22.6 Å². The molecule has 2 aromatic rings. The number of hydrogen-bond donors (Lipinski definition) is 0. The van der Waals surface area contributed by atoms with Crippen molar-refractivity contribution in [1.82, 2.24) is 14.8 Å². The summed E-state index contributed by atoms with van der Waals surface area (Å²) in [6.45, 7) is 36.0. The van der Waals surface area contributed by atoms with E-state index in [1.165, 1.54) is 11.1 Å². The van der Waals surface area contributed by atoms with Gasteiger partial charge in [0.05, 0.1) is 5.69 Å². The molecule has 0 saturated carbocycles. The van der Waals surface area contributed by atoms with Gasteiger partial charge in [0, 0.05) is 44.0 Å². The number of amides is 1. The van der Waals surface area contributed by atoms with Crippen molar-refractivity contribution in [2.45, 2.75) is 111 Å². The zero-order valence-electron chi connectivity index (χ0n) is 30.2. The highest BCUT2D eigenvalue weighted by Crippen LogP contribution is 2.23. The van der Waals surface area contributed by atoms with Gasteiger partial charge in [0.25, 0.3) is 0 Å². The van der Waals surface area contributed by atoms with E-state index >= 15 is 0 Å². The summed E-state index contributed by atoms with van der Waals surface area (Å²) in [7, 11) is 3.60. The van der Waals surface area contributed by atoms with Crippen molar-refractivity contribution in [3.63, 3.8) is 0 Å². The van der Waals surface area contributed by atoms with Crippen molar-refractivity contribution in [3.05, 3.63) is 78.2 Å². The number of pyridine rings is 1. The SMILES string of the molecule is C=C(C=C(C)C)/C(C)=C/C=C\C.CC.CC.CC.CC.CC.CC(C)C(=O)N(C)c1cc(-c2cccnc2)nn1C. The molecule has 0 fully saturated rings. The Labute approximate surface area is 256 Å². The predicted octanol–water partition coefficient (Wildman–Crippen LogP) is 11.3. The molecule has 0 spiro atoms. The number of rotatable bonds is 6. The van der Waals surface area contributed by atoms with Gasteiger partial charge in [-0.15, -0.1) is 0 Å². The fourth-order valence-electron chi connectivity index (χ4n) is 2.74. The van der Waals surface area contributed by atoms with Gasteiger partial charge in [0.1, 0.15) is 5.82 Å². The second kappa shape index (κ2) is 33.0. The molecule has 0 aliphatic carbocycles. The number of anilines is 1. The highest BCUT2D eigenvalue weighted by atomic mass is 16.2. The van der Waals surface area contributed by atoms with Gasteiger partial charge >= 0.3 is 0 Å². The van der Waals surface area contributed by atoms with E-state index in [2.05, 4.69) is 49.6 Å². The summed E-state index contributed by atoms with van der Waals surface area (Å²) in [4.78, 5) is 17.7. The van der Waals surface area contributed by atoms with Gasteiger partial charge in [0.2, 0.25) is 5.91 Å². The highest BCUT2D eigenvalue weighted by molar-refractivity contribution is 5.93. The topological polar surface area (TPSA) is 51.0 Å². The van der Waals surface area contributed by atoms with Crippen molar-refractivity contribution in [3.8, 4) is 11.3 Å². The molecule has 5 nitrogen and oxygen atoms in total. The van der Waals surface area contributed by atoms with Crippen molar-refractivity contribution < 1.29 is 4.79 Å². The molecule has 0 aromatic carbocycles. The summed E-state index contributed by atoms with van der Waals surface area (Å²) in [6.07, 6.45) is 11.7. The molecule has 0 atom stereocenters. The summed E-state index contributed by atoms with van der Waals surface area (Å²) in [5.41, 5.74) is 5.35. The third-order valence-electron chi connectivity index (χ3n) is 4.49. The zero-order valence-corrected chi connectivity index (χ0v) is 30.2. The van der Waals surface area contributed by atoms with Gasteiger partial charge < -0.3 is 0 Å². The molecule has 0 unspecified atom stereocenters. The lowest BCUT2D eigenvalue weighted by Crippen LogP contribution is -2.31. The number of hydrogen-bond acceptors (Lipinski definition) is 3. The van der Waals surface area contributed by atoms with Crippen molar-refractivity contribution in [2.75, 3.05) is 11.9 Å². The number of aryl methyl sites for hydroxylation is 1. The number of carbonyl (C=O) groups excluding carboxylic acids is 1. The molecule has 2 rings (SSSR count). The monoisotopic (exact) mass is 571 g/mol. The summed E-state index contributed by atoms with van der Waals surface area (Å²) < 4.78 is 1.71. The van der Waals surface area contributed by atoms with Crippen LogP contribution in [0.15, 0.2) is 78.2 Å². The first-order chi connectivity index (χ1) is 19.6. The van der Waals surface area contributed by atoms with Crippen LogP contribution in [0.4, 0.5) is 5.82 Å². The maximum atomic E-state index is 12.0. The molecule has 0 bridgehead atoms. The lowest BCUT2D eigenvalue weighted by atomic mass is 10.1. The maximum Gasteiger partial charge on any atom is 0.230 e. The quantitative estimate of drug-likeness (QED) is 0.325. The average Bonchev–Trinajstić information content (AvgIpc) is 3.42. The molecular formula is C36H66N4O. The second-order valence-electron chi connectivity index (χ2n) is 7.93. The summed E-state index contributed by atoms with van der Waals surface area (Å²) >= 11 is 0. The Morgan fingerprint density at radius 1 is 0.976 bits per heavy atom. The van der Waals surface area contributed by atoms with Gasteiger partial charge in [0.15, 0.2) is 0 Å². The minimum Gasteiger partial charge on any atom is -0.300 e. The lowest BCUT2D eigenvalue weighted by Gasteiger charge is -2.18. The van der Waals surface area contributed by atoms with E-state index in [1.807, 2.05) is 127 Å². The van der Waals surface area contributed by atoms with E-state index in [-0.39, 0.29) is 11.8 Å². The average molecular weight is 571 g/mol. The molecule has 2 aromatic heterocycles. The maximum absolute atomic E-state index is 12.0. The van der Waals surface area contributed by atoms with Gasteiger partial charge in [-0.1, -0.05) is 120 Å². The van der Waals surface area contributed by atoms with Crippen LogP contribution >= 0.6 is 0 Å². The van der Waals surface area contributed by atoms with Crippen molar-refractivity contribution in [1.29, 1.82) is 0 Å². The third-order valence-corrected chi connectivity index (χ3v) is 4.49. The molecule has 1 amide bonds. The lowest BCUT2D eigenvalue weighted by molar-refractivity contribution is -0.121. The molecule has 0 radical (unpaired) electrons. The van der Waals surface area contributed by atoms with E-state index in [1.54, 1.807) is 29.0 Å². The molecule has 236 valence electrons. The Bertz CT molecular complexity index is 961.